The minimum absolute atomic E-state index is 0.314. The molecule has 1 aromatic rings. The maximum absolute atomic E-state index is 5.97. The van der Waals surface area contributed by atoms with Crippen molar-refractivity contribution in [2.24, 2.45) is 11.7 Å². The van der Waals surface area contributed by atoms with E-state index in [9.17, 15) is 0 Å². The second kappa shape index (κ2) is 6.84. The van der Waals surface area contributed by atoms with Gasteiger partial charge < -0.3 is 10.5 Å². The molecule has 1 aliphatic carbocycles. The van der Waals surface area contributed by atoms with E-state index < -0.39 is 0 Å². The van der Waals surface area contributed by atoms with Crippen molar-refractivity contribution in [1.82, 2.24) is 4.90 Å². The summed E-state index contributed by atoms with van der Waals surface area (Å²) in [6.07, 6.45) is 2.71. The van der Waals surface area contributed by atoms with Crippen LogP contribution >= 0.6 is 11.3 Å². The fourth-order valence-corrected chi connectivity index (χ4v) is 3.41. The maximum atomic E-state index is 5.97. The van der Waals surface area contributed by atoms with Gasteiger partial charge in [0.1, 0.15) is 0 Å². The van der Waals surface area contributed by atoms with Crippen LogP contribution < -0.4 is 5.73 Å². The van der Waals surface area contributed by atoms with Crippen LogP contribution in [0, 0.1) is 19.8 Å². The number of thiophene rings is 1. The number of nitrogens with zero attached hydrogens (tertiary/aromatic N) is 1. The first kappa shape index (κ1) is 15.0. The standard InChI is InChI=1S/C15H26N2OS/c1-11-8-14(12(2)19-11)15(9-16)17(3)6-7-18-10-13-4-5-13/h8,13,15H,4-7,9-10,16H2,1-3H3. The summed E-state index contributed by atoms with van der Waals surface area (Å²) in [5.74, 6) is 0.845. The third-order valence-electron chi connectivity index (χ3n) is 3.83. The molecule has 0 spiro atoms. The average molecular weight is 282 g/mol. The first-order valence-electron chi connectivity index (χ1n) is 7.16. The fourth-order valence-electron chi connectivity index (χ4n) is 2.42. The van der Waals surface area contributed by atoms with Gasteiger partial charge in [0.05, 0.1) is 6.61 Å². The Kier molecular flexibility index (Phi) is 5.39. The van der Waals surface area contributed by atoms with Crippen LogP contribution in [0.4, 0.5) is 0 Å². The Morgan fingerprint density at radius 2 is 2.21 bits per heavy atom. The van der Waals surface area contributed by atoms with Crippen molar-refractivity contribution in [2.75, 3.05) is 33.4 Å². The molecule has 1 aromatic heterocycles. The summed E-state index contributed by atoms with van der Waals surface area (Å²) in [4.78, 5) is 5.07. The lowest BCUT2D eigenvalue weighted by atomic mass is 10.1. The van der Waals surface area contributed by atoms with E-state index in [0.29, 0.717) is 12.6 Å². The molecule has 0 saturated heterocycles. The molecule has 0 bridgehead atoms. The molecule has 0 amide bonds. The maximum Gasteiger partial charge on any atom is 0.0593 e. The molecule has 1 heterocycles. The zero-order chi connectivity index (χ0) is 13.8. The van der Waals surface area contributed by atoms with E-state index in [1.54, 1.807) is 0 Å². The molecule has 1 aliphatic rings. The third kappa shape index (κ3) is 4.28. The summed E-state index contributed by atoms with van der Waals surface area (Å²) in [5, 5.41) is 0. The zero-order valence-corrected chi connectivity index (χ0v) is 13.1. The number of hydrogen-bond acceptors (Lipinski definition) is 4. The molecule has 2 rings (SSSR count). The van der Waals surface area contributed by atoms with Gasteiger partial charge in [-0.15, -0.1) is 11.3 Å². The minimum atomic E-state index is 0.314. The van der Waals surface area contributed by atoms with Crippen LogP contribution in [0.2, 0.25) is 0 Å². The summed E-state index contributed by atoms with van der Waals surface area (Å²) in [7, 11) is 2.14. The number of likely N-dealkylation sites (N-methyl/N-ethyl adjacent to an activating group) is 1. The molecule has 1 atom stereocenters. The topological polar surface area (TPSA) is 38.5 Å². The monoisotopic (exact) mass is 282 g/mol. The summed E-state index contributed by atoms with van der Waals surface area (Å²) in [5.41, 5.74) is 7.35. The fraction of sp³-hybridized carbons (Fsp3) is 0.733. The highest BCUT2D eigenvalue weighted by Gasteiger charge is 2.22. The lowest BCUT2D eigenvalue weighted by Crippen LogP contribution is -2.33. The quantitative estimate of drug-likeness (QED) is 0.745. The van der Waals surface area contributed by atoms with Gasteiger partial charge in [0.15, 0.2) is 0 Å². The third-order valence-corrected chi connectivity index (χ3v) is 4.81. The van der Waals surface area contributed by atoms with Crippen molar-refractivity contribution in [1.29, 1.82) is 0 Å². The molecule has 19 heavy (non-hydrogen) atoms. The summed E-state index contributed by atoms with van der Waals surface area (Å²) < 4.78 is 5.71. The normalized spacial score (nSPS) is 17.1. The van der Waals surface area contributed by atoms with Gasteiger partial charge in [-0.25, -0.2) is 0 Å². The molecule has 4 heteroatoms. The minimum Gasteiger partial charge on any atom is -0.380 e. The largest absolute Gasteiger partial charge is 0.380 e. The van der Waals surface area contributed by atoms with Crippen molar-refractivity contribution < 1.29 is 4.74 Å². The van der Waals surface area contributed by atoms with E-state index in [1.807, 2.05) is 11.3 Å². The predicted octanol–water partition coefficient (Wildman–Crippen LogP) is 2.72. The van der Waals surface area contributed by atoms with Gasteiger partial charge in [0.25, 0.3) is 0 Å². The summed E-state index contributed by atoms with van der Waals surface area (Å²) >= 11 is 1.86. The van der Waals surface area contributed by atoms with Gasteiger partial charge in [-0.05, 0) is 51.3 Å². The number of ether oxygens (including phenoxy) is 1. The van der Waals surface area contributed by atoms with E-state index in [2.05, 4.69) is 31.9 Å². The molecule has 1 fully saturated rings. The Morgan fingerprint density at radius 3 is 2.74 bits per heavy atom. The van der Waals surface area contributed by atoms with E-state index >= 15 is 0 Å². The molecular formula is C15H26N2OS. The Labute approximate surface area is 120 Å². The van der Waals surface area contributed by atoms with Crippen molar-refractivity contribution >= 4 is 11.3 Å². The smallest absolute Gasteiger partial charge is 0.0593 e. The highest BCUT2D eigenvalue weighted by molar-refractivity contribution is 7.12. The average Bonchev–Trinajstić information content (AvgIpc) is 3.12. The SMILES string of the molecule is Cc1cc(C(CN)N(C)CCOCC2CC2)c(C)s1. The molecule has 1 saturated carbocycles. The second-order valence-electron chi connectivity index (χ2n) is 5.62. The van der Waals surface area contributed by atoms with Gasteiger partial charge in [-0.1, -0.05) is 0 Å². The molecule has 0 aliphatic heterocycles. The molecule has 3 nitrogen and oxygen atoms in total. The van der Waals surface area contributed by atoms with Gasteiger partial charge >= 0.3 is 0 Å². The molecular weight excluding hydrogens is 256 g/mol. The number of hydrogen-bond donors (Lipinski definition) is 1. The Bertz CT molecular complexity index is 401. The van der Waals surface area contributed by atoms with Crippen LogP contribution in [0.3, 0.4) is 0 Å². The van der Waals surface area contributed by atoms with Crippen LogP contribution in [-0.2, 0) is 4.74 Å². The molecule has 1 unspecified atom stereocenters. The molecule has 0 aromatic carbocycles. The first-order valence-corrected chi connectivity index (χ1v) is 7.98. The highest BCUT2D eigenvalue weighted by Crippen LogP contribution is 2.30. The Balaban J connectivity index is 1.83. The van der Waals surface area contributed by atoms with Crippen LogP contribution in [0.1, 0.15) is 34.2 Å². The lowest BCUT2D eigenvalue weighted by Gasteiger charge is -2.27. The van der Waals surface area contributed by atoms with Crippen molar-refractivity contribution in [3.8, 4) is 0 Å². The predicted molar refractivity (Wildman–Crippen MR) is 81.8 cm³/mol. The molecule has 0 radical (unpaired) electrons. The number of nitrogens with two attached hydrogens (primary N) is 1. The van der Waals surface area contributed by atoms with E-state index in [1.165, 1.54) is 28.2 Å². The zero-order valence-electron chi connectivity index (χ0n) is 12.3. The van der Waals surface area contributed by atoms with Crippen molar-refractivity contribution in [3.05, 3.63) is 21.4 Å². The van der Waals surface area contributed by atoms with Gasteiger partial charge in [-0.3, -0.25) is 4.90 Å². The lowest BCUT2D eigenvalue weighted by molar-refractivity contribution is 0.0922. The second-order valence-corrected chi connectivity index (χ2v) is 7.08. The summed E-state index contributed by atoms with van der Waals surface area (Å²) in [6, 6.07) is 2.59. The van der Waals surface area contributed by atoms with Gasteiger partial charge in [-0.2, -0.15) is 0 Å². The van der Waals surface area contributed by atoms with E-state index in [-0.39, 0.29) is 0 Å². The number of rotatable bonds is 8. The van der Waals surface area contributed by atoms with Gasteiger partial charge in [0.2, 0.25) is 0 Å². The first-order chi connectivity index (χ1) is 9.11. The Hall–Kier alpha value is -0.420. The van der Waals surface area contributed by atoms with Crippen LogP contribution in [0.15, 0.2) is 6.07 Å². The summed E-state index contributed by atoms with van der Waals surface area (Å²) in [6.45, 7) is 7.71. The van der Waals surface area contributed by atoms with E-state index in [4.69, 9.17) is 10.5 Å². The van der Waals surface area contributed by atoms with Crippen LogP contribution in [0.25, 0.3) is 0 Å². The van der Waals surface area contributed by atoms with Gasteiger partial charge in [0, 0.05) is 35.5 Å². The van der Waals surface area contributed by atoms with Crippen LogP contribution in [0.5, 0.6) is 0 Å². The number of aryl methyl sites for hydroxylation is 2. The van der Waals surface area contributed by atoms with Crippen molar-refractivity contribution in [2.45, 2.75) is 32.7 Å². The molecule has 108 valence electrons. The van der Waals surface area contributed by atoms with Crippen molar-refractivity contribution in [3.63, 3.8) is 0 Å². The Morgan fingerprint density at radius 1 is 1.47 bits per heavy atom. The molecule has 2 N–H and O–H groups in total. The van der Waals surface area contributed by atoms with Crippen LogP contribution in [-0.4, -0.2) is 38.3 Å². The highest BCUT2D eigenvalue weighted by atomic mass is 32.1. The van der Waals surface area contributed by atoms with E-state index in [0.717, 1.165) is 25.7 Å².